The van der Waals surface area contributed by atoms with E-state index in [0.717, 1.165) is 46.6 Å². The van der Waals surface area contributed by atoms with Crippen LogP contribution in [0, 0.1) is 0 Å². The second-order valence-electron chi connectivity index (χ2n) is 12.0. The summed E-state index contributed by atoms with van der Waals surface area (Å²) >= 11 is 12.6. The van der Waals surface area contributed by atoms with Crippen LogP contribution in [0.4, 0.5) is 0 Å². The van der Waals surface area contributed by atoms with E-state index in [1.165, 1.54) is 5.56 Å². The third-order valence-electron chi connectivity index (χ3n) is 8.77. The first-order chi connectivity index (χ1) is 21.2. The third-order valence-corrected chi connectivity index (χ3v) is 9.42. The summed E-state index contributed by atoms with van der Waals surface area (Å²) in [4.78, 5) is 30.2. The highest BCUT2D eigenvalue weighted by Gasteiger charge is 2.39. The maximum Gasteiger partial charge on any atom is 0.251 e. The van der Waals surface area contributed by atoms with Crippen LogP contribution in [0.1, 0.15) is 55.7 Å². The molecule has 0 aliphatic carbocycles. The highest BCUT2D eigenvalue weighted by molar-refractivity contribution is 6.32. The Labute approximate surface area is 271 Å². The van der Waals surface area contributed by atoms with Gasteiger partial charge in [-0.3, -0.25) is 9.59 Å². The minimum atomic E-state index is -0.209. The molecule has 5 rings (SSSR count). The standard InChI is InChI=1S/C36H41Cl2N3O3/c1-24(29-10-4-5-11-31(29)37)18-19-40(3)36(43)35-30(21-28-22-41(25(2)42)23-33(35)39-28)27-16-14-26(15-17-27)9-8-20-44-34-13-7-6-12-32(34)38/h4-7,10-17,24,28,33,39H,8-9,18-23H2,1-3H3/t24-,28?,33?/m1/s1. The Morgan fingerprint density at radius 3 is 2.41 bits per heavy atom. The number of halogens is 2. The number of para-hydroxylation sites is 1. The first-order valence-corrected chi connectivity index (χ1v) is 16.2. The fraction of sp³-hybridized carbons (Fsp3) is 0.389. The average molecular weight is 635 g/mol. The van der Waals surface area contributed by atoms with Crippen LogP contribution in [0.3, 0.4) is 0 Å². The van der Waals surface area contributed by atoms with Crippen LogP contribution in [0.5, 0.6) is 5.75 Å². The summed E-state index contributed by atoms with van der Waals surface area (Å²) in [5.74, 6) is 0.971. The molecule has 2 amide bonds. The van der Waals surface area contributed by atoms with Crippen molar-refractivity contribution in [1.82, 2.24) is 15.1 Å². The van der Waals surface area contributed by atoms with Gasteiger partial charge in [-0.2, -0.15) is 0 Å². The molecule has 8 heteroatoms. The van der Waals surface area contributed by atoms with Crippen molar-refractivity contribution in [3.8, 4) is 5.75 Å². The lowest BCUT2D eigenvalue weighted by atomic mass is 9.82. The molecule has 2 aliphatic heterocycles. The van der Waals surface area contributed by atoms with Gasteiger partial charge in [0.05, 0.1) is 17.7 Å². The minimum Gasteiger partial charge on any atom is -0.492 e. The van der Waals surface area contributed by atoms with Gasteiger partial charge in [0.2, 0.25) is 5.91 Å². The molecule has 1 fully saturated rings. The number of piperazine rings is 1. The van der Waals surface area contributed by atoms with Crippen molar-refractivity contribution >= 4 is 40.6 Å². The van der Waals surface area contributed by atoms with Crippen molar-refractivity contribution in [2.24, 2.45) is 0 Å². The number of fused-ring (bicyclic) bond motifs is 2. The number of amides is 2. The first kappa shape index (κ1) is 32.1. The molecule has 232 valence electrons. The van der Waals surface area contributed by atoms with Crippen LogP contribution < -0.4 is 10.1 Å². The van der Waals surface area contributed by atoms with Gasteiger partial charge in [0.25, 0.3) is 5.91 Å². The lowest BCUT2D eigenvalue weighted by molar-refractivity contribution is -0.132. The lowest BCUT2D eigenvalue weighted by Crippen LogP contribution is -2.61. The van der Waals surface area contributed by atoms with Gasteiger partial charge in [-0.25, -0.2) is 0 Å². The van der Waals surface area contributed by atoms with Gasteiger partial charge in [0, 0.05) is 50.2 Å². The van der Waals surface area contributed by atoms with E-state index in [2.05, 4.69) is 42.6 Å². The minimum absolute atomic E-state index is 0.00788. The maximum atomic E-state index is 14.1. The second-order valence-corrected chi connectivity index (χ2v) is 12.8. The zero-order valence-corrected chi connectivity index (χ0v) is 27.2. The summed E-state index contributed by atoms with van der Waals surface area (Å²) in [5.41, 5.74) is 5.21. The normalized spacial score (nSPS) is 18.6. The quantitative estimate of drug-likeness (QED) is 0.231. The van der Waals surface area contributed by atoms with E-state index in [4.69, 9.17) is 27.9 Å². The molecule has 6 nitrogen and oxygen atoms in total. The topological polar surface area (TPSA) is 61.9 Å². The molecule has 0 spiro atoms. The molecular formula is C36H41Cl2N3O3. The number of nitrogens with zero attached hydrogens (tertiary/aromatic N) is 2. The largest absolute Gasteiger partial charge is 0.492 e. The number of hydrogen-bond donors (Lipinski definition) is 1. The number of carbonyl (C=O) groups is 2. The smallest absolute Gasteiger partial charge is 0.251 e. The van der Waals surface area contributed by atoms with Crippen molar-refractivity contribution in [3.05, 3.63) is 105 Å². The molecule has 1 N–H and O–H groups in total. The molecule has 3 aromatic rings. The summed E-state index contributed by atoms with van der Waals surface area (Å²) < 4.78 is 5.85. The number of nitrogens with one attached hydrogen (secondary N) is 1. The summed E-state index contributed by atoms with van der Waals surface area (Å²) in [7, 11) is 1.87. The van der Waals surface area contributed by atoms with Gasteiger partial charge in [-0.05, 0) is 72.1 Å². The van der Waals surface area contributed by atoms with E-state index < -0.39 is 0 Å². The maximum absolute atomic E-state index is 14.1. The van der Waals surface area contributed by atoms with Crippen LogP contribution >= 0.6 is 23.2 Å². The van der Waals surface area contributed by atoms with E-state index in [1.807, 2.05) is 59.3 Å². The SMILES string of the molecule is CC(=O)N1CC2CC(c3ccc(CCCOc4ccccc4Cl)cc3)=C(C(=O)N(C)CC[C@@H](C)c3ccccc3Cl)C(C1)N2. The Balaban J connectivity index is 1.30. The Hall–Kier alpha value is -3.32. The van der Waals surface area contributed by atoms with Crippen molar-refractivity contribution in [2.75, 3.05) is 33.3 Å². The molecule has 1 saturated heterocycles. The van der Waals surface area contributed by atoms with E-state index in [0.29, 0.717) is 43.4 Å². The number of ether oxygens (including phenoxy) is 1. The zero-order chi connectivity index (χ0) is 31.2. The fourth-order valence-electron chi connectivity index (χ4n) is 6.24. The molecule has 3 atom stereocenters. The van der Waals surface area contributed by atoms with Gasteiger partial charge in [-0.15, -0.1) is 0 Å². The molecule has 2 heterocycles. The van der Waals surface area contributed by atoms with Gasteiger partial charge in [-0.1, -0.05) is 84.7 Å². The van der Waals surface area contributed by atoms with Crippen LogP contribution in [-0.4, -0.2) is 67.0 Å². The predicted octanol–water partition coefficient (Wildman–Crippen LogP) is 7.00. The Bertz CT molecular complexity index is 1510. The zero-order valence-electron chi connectivity index (χ0n) is 25.7. The summed E-state index contributed by atoms with van der Waals surface area (Å²) in [5, 5.41) is 5.02. The van der Waals surface area contributed by atoms with Crippen LogP contribution in [-0.2, 0) is 16.0 Å². The van der Waals surface area contributed by atoms with Gasteiger partial charge >= 0.3 is 0 Å². The van der Waals surface area contributed by atoms with Crippen molar-refractivity contribution in [1.29, 1.82) is 0 Å². The number of hydrogen-bond acceptors (Lipinski definition) is 4. The summed E-state index contributed by atoms with van der Waals surface area (Å²) in [6, 6.07) is 23.9. The Morgan fingerprint density at radius 2 is 1.70 bits per heavy atom. The molecule has 2 unspecified atom stereocenters. The van der Waals surface area contributed by atoms with Crippen LogP contribution in [0.25, 0.3) is 5.57 Å². The molecule has 2 bridgehead atoms. The molecule has 2 aliphatic rings. The molecule has 3 aromatic carbocycles. The molecule has 0 aromatic heterocycles. The van der Waals surface area contributed by atoms with Gasteiger partial charge in [0.1, 0.15) is 5.75 Å². The number of aryl methyl sites for hydroxylation is 1. The number of carbonyl (C=O) groups excluding carboxylic acids is 2. The first-order valence-electron chi connectivity index (χ1n) is 15.4. The summed E-state index contributed by atoms with van der Waals surface area (Å²) in [6.07, 6.45) is 3.23. The van der Waals surface area contributed by atoms with E-state index in [1.54, 1.807) is 6.92 Å². The third kappa shape index (κ3) is 7.66. The van der Waals surface area contributed by atoms with E-state index >= 15 is 0 Å². The fourth-order valence-corrected chi connectivity index (χ4v) is 6.75. The molecule has 44 heavy (non-hydrogen) atoms. The highest BCUT2D eigenvalue weighted by atomic mass is 35.5. The number of benzene rings is 3. The van der Waals surface area contributed by atoms with Crippen LogP contribution in [0.2, 0.25) is 10.0 Å². The Morgan fingerprint density at radius 1 is 1.00 bits per heavy atom. The summed E-state index contributed by atoms with van der Waals surface area (Å²) in [6.45, 7) is 6.07. The number of likely N-dealkylation sites (N-methyl/N-ethyl adjacent to an activating group) is 1. The second kappa shape index (κ2) is 14.6. The van der Waals surface area contributed by atoms with E-state index in [9.17, 15) is 9.59 Å². The van der Waals surface area contributed by atoms with Crippen LogP contribution in [0.15, 0.2) is 78.4 Å². The van der Waals surface area contributed by atoms with Crippen molar-refractivity contribution in [3.63, 3.8) is 0 Å². The number of rotatable bonds is 11. The lowest BCUT2D eigenvalue weighted by Gasteiger charge is -2.44. The molecule has 0 saturated carbocycles. The van der Waals surface area contributed by atoms with Crippen molar-refractivity contribution < 1.29 is 14.3 Å². The Kier molecular flexibility index (Phi) is 10.7. The molecule has 0 radical (unpaired) electrons. The van der Waals surface area contributed by atoms with E-state index in [-0.39, 0.29) is 29.8 Å². The molecular weight excluding hydrogens is 593 g/mol. The van der Waals surface area contributed by atoms with Gasteiger partial charge in [0.15, 0.2) is 0 Å². The highest BCUT2D eigenvalue weighted by Crippen LogP contribution is 2.35. The monoisotopic (exact) mass is 633 g/mol. The van der Waals surface area contributed by atoms with Crippen molar-refractivity contribution in [2.45, 2.75) is 57.5 Å². The van der Waals surface area contributed by atoms with Gasteiger partial charge < -0.3 is 19.9 Å². The average Bonchev–Trinajstić information content (AvgIpc) is 3.02. The predicted molar refractivity (Wildman–Crippen MR) is 178 cm³/mol.